The molecule has 0 N–H and O–H groups in total. The Morgan fingerprint density at radius 3 is 2.86 bits per heavy atom. The summed E-state index contributed by atoms with van der Waals surface area (Å²) in [6, 6.07) is 7.38. The number of hydrogen-bond acceptors (Lipinski definition) is 2. The molecule has 0 spiro atoms. The van der Waals surface area contributed by atoms with E-state index in [1.807, 2.05) is 24.3 Å². The molecule has 0 heterocycles. The van der Waals surface area contributed by atoms with Crippen LogP contribution in [0.4, 0.5) is 5.69 Å². The van der Waals surface area contributed by atoms with Crippen LogP contribution in [-0.4, -0.2) is 25.4 Å². The van der Waals surface area contributed by atoms with Gasteiger partial charge in [-0.2, -0.15) is 0 Å². The molecule has 1 aromatic rings. The Kier molecular flexibility index (Phi) is 3.95. The van der Waals surface area contributed by atoms with Gasteiger partial charge in [-0.3, -0.25) is 4.79 Å². The average Bonchev–Trinajstić information content (AvgIpc) is 2.27. The smallest absolute Gasteiger partial charge is 0.237 e. The van der Waals surface area contributed by atoms with Gasteiger partial charge in [0.15, 0.2) is 0 Å². The molecule has 0 saturated carbocycles. The third-order valence-electron chi connectivity index (χ3n) is 1.93. The van der Waals surface area contributed by atoms with Crippen molar-refractivity contribution in [2.24, 2.45) is 0 Å². The highest BCUT2D eigenvalue weighted by Gasteiger charge is 2.09. The van der Waals surface area contributed by atoms with Crippen LogP contribution < -0.4 is 9.64 Å². The van der Waals surface area contributed by atoms with E-state index in [0.717, 1.165) is 11.4 Å². The predicted octanol–water partition coefficient (Wildman–Crippen LogP) is 2.05. The predicted molar refractivity (Wildman–Crippen MR) is 60.2 cm³/mol. The van der Waals surface area contributed by atoms with Crippen molar-refractivity contribution in [2.45, 2.75) is 0 Å². The second-order valence-electron chi connectivity index (χ2n) is 2.79. The molecule has 0 bridgehead atoms. The molecule has 0 atom stereocenters. The quantitative estimate of drug-likeness (QED) is 0.776. The number of halogens is 1. The fraction of sp³-hybridized carbons (Fsp3) is 0.300. The Morgan fingerprint density at radius 1 is 1.57 bits per heavy atom. The Hall–Kier alpha value is -1.03. The molecule has 76 valence electrons. The maximum absolute atomic E-state index is 11.4. The van der Waals surface area contributed by atoms with Crippen molar-refractivity contribution < 1.29 is 9.53 Å². The van der Waals surface area contributed by atoms with Gasteiger partial charge >= 0.3 is 0 Å². The van der Waals surface area contributed by atoms with Crippen molar-refractivity contribution in [3.63, 3.8) is 0 Å². The van der Waals surface area contributed by atoms with Crippen LogP contribution in [0.5, 0.6) is 5.75 Å². The van der Waals surface area contributed by atoms with Gasteiger partial charge in [-0.05, 0) is 12.1 Å². The molecule has 0 aliphatic heterocycles. The lowest BCUT2D eigenvalue weighted by Gasteiger charge is -2.16. The number of alkyl halides is 1. The first-order valence-corrected chi connectivity index (χ1v) is 5.27. The van der Waals surface area contributed by atoms with E-state index in [2.05, 4.69) is 15.9 Å². The monoisotopic (exact) mass is 257 g/mol. The van der Waals surface area contributed by atoms with Gasteiger partial charge in [0, 0.05) is 18.8 Å². The molecule has 0 aliphatic rings. The summed E-state index contributed by atoms with van der Waals surface area (Å²) in [7, 11) is 3.34. The number of rotatable bonds is 3. The van der Waals surface area contributed by atoms with Crippen molar-refractivity contribution in [1.82, 2.24) is 0 Å². The normalized spacial score (nSPS) is 9.64. The van der Waals surface area contributed by atoms with Crippen molar-refractivity contribution in [1.29, 1.82) is 0 Å². The largest absolute Gasteiger partial charge is 0.497 e. The summed E-state index contributed by atoms with van der Waals surface area (Å²) in [5.74, 6) is 0.759. The summed E-state index contributed by atoms with van der Waals surface area (Å²) in [5, 5.41) is 0.320. The summed E-state index contributed by atoms with van der Waals surface area (Å²) in [5.41, 5.74) is 0.828. The molecule has 1 rings (SSSR count). The van der Waals surface area contributed by atoms with Gasteiger partial charge in [-0.25, -0.2) is 0 Å². The van der Waals surface area contributed by atoms with E-state index in [4.69, 9.17) is 4.74 Å². The number of carbonyl (C=O) groups excluding carboxylic acids is 1. The molecule has 1 amide bonds. The minimum Gasteiger partial charge on any atom is -0.497 e. The highest BCUT2D eigenvalue weighted by Crippen LogP contribution is 2.19. The number of benzene rings is 1. The van der Waals surface area contributed by atoms with Crippen molar-refractivity contribution in [3.8, 4) is 5.75 Å². The SMILES string of the molecule is COc1cccc(N(C)C(=O)CBr)c1. The topological polar surface area (TPSA) is 29.5 Å². The Bertz CT molecular complexity index is 328. The van der Waals surface area contributed by atoms with Crippen LogP contribution in [0.1, 0.15) is 0 Å². The van der Waals surface area contributed by atoms with Gasteiger partial charge in [0.25, 0.3) is 0 Å². The molecule has 0 fully saturated rings. The standard InChI is InChI=1S/C10H12BrNO2/c1-12(10(13)7-11)8-4-3-5-9(6-8)14-2/h3-6H,7H2,1-2H3. The number of hydrogen-bond donors (Lipinski definition) is 0. The van der Waals surface area contributed by atoms with Crippen molar-refractivity contribution >= 4 is 27.5 Å². The van der Waals surface area contributed by atoms with Gasteiger partial charge in [-0.15, -0.1) is 0 Å². The second kappa shape index (κ2) is 5.00. The molecule has 0 saturated heterocycles. The minimum atomic E-state index is 0.0123. The lowest BCUT2D eigenvalue weighted by atomic mass is 10.3. The fourth-order valence-corrected chi connectivity index (χ4v) is 1.43. The summed E-state index contributed by atoms with van der Waals surface area (Å²) in [6.07, 6.45) is 0. The molecular formula is C10H12BrNO2. The average molecular weight is 258 g/mol. The summed E-state index contributed by atoms with van der Waals surface area (Å²) < 4.78 is 5.07. The molecule has 0 aromatic heterocycles. The van der Waals surface area contributed by atoms with Gasteiger partial charge in [0.2, 0.25) is 5.91 Å². The summed E-state index contributed by atoms with van der Waals surface area (Å²) in [4.78, 5) is 12.9. The van der Waals surface area contributed by atoms with Crippen LogP contribution >= 0.6 is 15.9 Å². The van der Waals surface area contributed by atoms with Gasteiger partial charge in [0.05, 0.1) is 12.4 Å². The third kappa shape index (κ3) is 2.48. The molecule has 0 aliphatic carbocycles. The van der Waals surface area contributed by atoms with Crippen molar-refractivity contribution in [3.05, 3.63) is 24.3 Å². The molecule has 0 unspecified atom stereocenters. The van der Waals surface area contributed by atoms with Crippen LogP contribution in [0.15, 0.2) is 24.3 Å². The second-order valence-corrected chi connectivity index (χ2v) is 3.35. The van der Waals surface area contributed by atoms with Crippen LogP contribution in [0.3, 0.4) is 0 Å². The number of anilines is 1. The maximum atomic E-state index is 11.4. The van der Waals surface area contributed by atoms with Crippen LogP contribution in [0.25, 0.3) is 0 Å². The highest BCUT2D eigenvalue weighted by atomic mass is 79.9. The number of nitrogens with zero attached hydrogens (tertiary/aromatic N) is 1. The summed E-state index contributed by atoms with van der Waals surface area (Å²) in [6.45, 7) is 0. The molecular weight excluding hydrogens is 246 g/mol. The van der Waals surface area contributed by atoms with E-state index in [9.17, 15) is 4.79 Å². The zero-order valence-electron chi connectivity index (χ0n) is 8.16. The van der Waals surface area contributed by atoms with Gasteiger partial charge in [-0.1, -0.05) is 22.0 Å². The Balaban J connectivity index is 2.89. The fourth-order valence-electron chi connectivity index (χ4n) is 1.05. The first kappa shape index (κ1) is 11.0. The van der Waals surface area contributed by atoms with E-state index in [0.29, 0.717) is 5.33 Å². The number of carbonyl (C=O) groups is 1. The first-order chi connectivity index (χ1) is 6.69. The van der Waals surface area contributed by atoms with Crippen LogP contribution in [0.2, 0.25) is 0 Å². The van der Waals surface area contributed by atoms with E-state index in [-0.39, 0.29) is 5.91 Å². The molecule has 0 radical (unpaired) electrons. The highest BCUT2D eigenvalue weighted by molar-refractivity contribution is 9.09. The molecule has 14 heavy (non-hydrogen) atoms. The molecule has 3 nitrogen and oxygen atoms in total. The zero-order chi connectivity index (χ0) is 10.6. The van der Waals surface area contributed by atoms with E-state index in [1.165, 1.54) is 0 Å². The maximum Gasteiger partial charge on any atom is 0.237 e. The Morgan fingerprint density at radius 2 is 2.29 bits per heavy atom. The van der Waals surface area contributed by atoms with Gasteiger partial charge in [0.1, 0.15) is 5.75 Å². The lowest BCUT2D eigenvalue weighted by Crippen LogP contribution is -2.26. The first-order valence-electron chi connectivity index (χ1n) is 4.15. The third-order valence-corrected chi connectivity index (χ3v) is 2.41. The summed E-state index contributed by atoms with van der Waals surface area (Å²) >= 11 is 3.13. The van der Waals surface area contributed by atoms with E-state index in [1.54, 1.807) is 19.1 Å². The van der Waals surface area contributed by atoms with Crippen LogP contribution in [0, 0.1) is 0 Å². The number of ether oxygens (including phenoxy) is 1. The lowest BCUT2D eigenvalue weighted by molar-refractivity contribution is -0.115. The zero-order valence-corrected chi connectivity index (χ0v) is 9.74. The molecule has 4 heteroatoms. The van der Waals surface area contributed by atoms with E-state index < -0.39 is 0 Å². The van der Waals surface area contributed by atoms with E-state index >= 15 is 0 Å². The van der Waals surface area contributed by atoms with Crippen LogP contribution in [-0.2, 0) is 4.79 Å². The number of methoxy groups -OCH3 is 1. The minimum absolute atomic E-state index is 0.0123. The van der Waals surface area contributed by atoms with Crippen molar-refractivity contribution in [2.75, 3.05) is 24.4 Å². The van der Waals surface area contributed by atoms with Gasteiger partial charge < -0.3 is 9.64 Å². The number of amides is 1. The Labute approximate surface area is 91.8 Å². The molecule has 1 aromatic carbocycles.